The summed E-state index contributed by atoms with van der Waals surface area (Å²) in [6.07, 6.45) is 5.70. The lowest BCUT2D eigenvalue weighted by molar-refractivity contribution is -0.128. The Balaban J connectivity index is 1.90. The summed E-state index contributed by atoms with van der Waals surface area (Å²) in [5, 5.41) is 3.03. The van der Waals surface area contributed by atoms with Gasteiger partial charge in [-0.25, -0.2) is 13.1 Å². The molecule has 25 heavy (non-hydrogen) atoms. The average molecular weight is 368 g/mol. The van der Waals surface area contributed by atoms with Gasteiger partial charge in [-0.2, -0.15) is 0 Å². The number of carbonyl (C=O) groups is 1. The van der Waals surface area contributed by atoms with Crippen LogP contribution in [0.1, 0.15) is 52.4 Å². The molecule has 1 atom stereocenters. The maximum Gasteiger partial charge on any atom is 0.260 e. The van der Waals surface area contributed by atoms with Gasteiger partial charge in [0.2, 0.25) is 10.0 Å². The highest BCUT2D eigenvalue weighted by atomic mass is 32.2. The first-order valence-corrected chi connectivity index (χ1v) is 10.5. The number of nitrogens with one attached hydrogen (secondary N) is 2. The predicted octanol–water partition coefficient (Wildman–Crippen LogP) is 2.59. The molecule has 0 bridgehead atoms. The van der Waals surface area contributed by atoms with Gasteiger partial charge in [-0.3, -0.25) is 4.79 Å². The van der Waals surface area contributed by atoms with E-state index in [2.05, 4.69) is 10.0 Å². The molecule has 0 unspecified atom stereocenters. The molecule has 1 aromatic rings. The van der Waals surface area contributed by atoms with E-state index in [9.17, 15) is 13.2 Å². The first kappa shape index (κ1) is 19.7. The third kappa shape index (κ3) is 6.01. The maximum atomic E-state index is 12.2. The van der Waals surface area contributed by atoms with Gasteiger partial charge < -0.3 is 10.1 Å². The van der Waals surface area contributed by atoms with Crippen molar-refractivity contribution in [2.75, 3.05) is 6.54 Å². The largest absolute Gasteiger partial charge is 0.481 e. The van der Waals surface area contributed by atoms with E-state index in [1.54, 1.807) is 19.1 Å². The minimum absolute atomic E-state index is 0.131. The van der Waals surface area contributed by atoms with Crippen LogP contribution in [0.25, 0.3) is 0 Å². The van der Waals surface area contributed by atoms with E-state index in [4.69, 9.17) is 4.74 Å². The van der Waals surface area contributed by atoms with E-state index in [0.29, 0.717) is 12.3 Å². The molecule has 0 aliphatic heterocycles. The van der Waals surface area contributed by atoms with E-state index < -0.39 is 16.1 Å². The second-order valence-electron chi connectivity index (χ2n) is 6.47. The fraction of sp³-hybridized carbons (Fsp3) is 0.611. The van der Waals surface area contributed by atoms with Crippen LogP contribution < -0.4 is 14.8 Å². The molecule has 1 aromatic carbocycles. The second-order valence-corrected chi connectivity index (χ2v) is 8.24. The second kappa shape index (κ2) is 9.20. The summed E-state index contributed by atoms with van der Waals surface area (Å²) in [6.45, 7) is 4.00. The van der Waals surface area contributed by atoms with E-state index in [-0.39, 0.29) is 16.8 Å². The molecule has 1 fully saturated rings. The van der Waals surface area contributed by atoms with E-state index in [1.807, 2.05) is 6.92 Å². The van der Waals surface area contributed by atoms with Gasteiger partial charge in [-0.05, 0) is 50.5 Å². The quantitative estimate of drug-likeness (QED) is 0.739. The van der Waals surface area contributed by atoms with E-state index >= 15 is 0 Å². The number of ether oxygens (including phenoxy) is 1. The number of carbonyl (C=O) groups excluding carboxylic acids is 1. The summed E-state index contributed by atoms with van der Waals surface area (Å²) >= 11 is 0. The molecule has 0 aromatic heterocycles. The summed E-state index contributed by atoms with van der Waals surface area (Å²) in [4.78, 5) is 12.4. The van der Waals surface area contributed by atoms with Crippen LogP contribution in [0.2, 0.25) is 0 Å². The maximum absolute atomic E-state index is 12.2. The molecule has 7 heteroatoms. The van der Waals surface area contributed by atoms with Crippen LogP contribution in [-0.4, -0.2) is 33.0 Å². The van der Waals surface area contributed by atoms with Crippen molar-refractivity contribution in [3.8, 4) is 5.75 Å². The highest BCUT2D eigenvalue weighted by Gasteiger charge is 2.21. The highest BCUT2D eigenvalue weighted by molar-refractivity contribution is 7.89. The topological polar surface area (TPSA) is 84.5 Å². The summed E-state index contributed by atoms with van der Waals surface area (Å²) in [5.41, 5.74) is 0. The Hall–Kier alpha value is -1.60. The minimum atomic E-state index is -3.49. The van der Waals surface area contributed by atoms with Crippen LogP contribution in [0.3, 0.4) is 0 Å². The Kier molecular flexibility index (Phi) is 7.25. The Morgan fingerprint density at radius 3 is 2.44 bits per heavy atom. The van der Waals surface area contributed by atoms with Gasteiger partial charge in [-0.1, -0.05) is 26.2 Å². The molecule has 0 spiro atoms. The van der Waals surface area contributed by atoms with Crippen molar-refractivity contribution in [3.05, 3.63) is 24.3 Å². The third-order valence-corrected chi connectivity index (χ3v) is 5.79. The third-order valence-electron chi connectivity index (χ3n) is 4.31. The van der Waals surface area contributed by atoms with Crippen molar-refractivity contribution < 1.29 is 17.9 Å². The molecule has 0 saturated heterocycles. The molecule has 140 valence electrons. The van der Waals surface area contributed by atoms with Crippen molar-refractivity contribution in [2.24, 2.45) is 0 Å². The van der Waals surface area contributed by atoms with Gasteiger partial charge in [0.05, 0.1) is 4.90 Å². The molecule has 0 heterocycles. The van der Waals surface area contributed by atoms with Gasteiger partial charge in [-0.15, -0.1) is 0 Å². The number of hydrogen-bond donors (Lipinski definition) is 2. The average Bonchev–Trinajstić information content (AvgIpc) is 2.61. The summed E-state index contributed by atoms with van der Waals surface area (Å²) in [7, 11) is -3.49. The SMILES string of the molecule is CCCNS(=O)(=O)c1ccc(O[C@H](C)C(=O)NC2CCCCC2)cc1. The van der Waals surface area contributed by atoms with Crippen LogP contribution in [0, 0.1) is 0 Å². The molecule has 1 aliphatic carbocycles. The van der Waals surface area contributed by atoms with Crippen LogP contribution in [-0.2, 0) is 14.8 Å². The molecular formula is C18H28N2O4S. The molecule has 2 rings (SSSR count). The number of sulfonamides is 1. The van der Waals surface area contributed by atoms with Crippen LogP contribution in [0.5, 0.6) is 5.75 Å². The zero-order chi connectivity index (χ0) is 18.3. The molecule has 1 aliphatic rings. The van der Waals surface area contributed by atoms with Crippen LogP contribution in [0.4, 0.5) is 0 Å². The van der Waals surface area contributed by atoms with Crippen molar-refractivity contribution in [3.63, 3.8) is 0 Å². The van der Waals surface area contributed by atoms with E-state index in [0.717, 1.165) is 32.1 Å². The predicted molar refractivity (Wildman–Crippen MR) is 97.0 cm³/mol. The molecular weight excluding hydrogens is 340 g/mol. The van der Waals surface area contributed by atoms with Gasteiger partial charge in [0.25, 0.3) is 5.91 Å². The molecule has 6 nitrogen and oxygen atoms in total. The normalized spacial score (nSPS) is 17.0. The molecule has 1 amide bonds. The smallest absolute Gasteiger partial charge is 0.260 e. The Morgan fingerprint density at radius 2 is 1.84 bits per heavy atom. The summed E-state index contributed by atoms with van der Waals surface area (Å²) < 4.78 is 32.2. The van der Waals surface area contributed by atoms with Crippen LogP contribution >= 0.6 is 0 Å². The van der Waals surface area contributed by atoms with Gasteiger partial charge in [0, 0.05) is 12.6 Å². The van der Waals surface area contributed by atoms with Gasteiger partial charge >= 0.3 is 0 Å². The zero-order valence-electron chi connectivity index (χ0n) is 15.0. The summed E-state index contributed by atoms with van der Waals surface area (Å²) in [6, 6.07) is 6.36. The van der Waals surface area contributed by atoms with Crippen molar-refractivity contribution >= 4 is 15.9 Å². The lowest BCUT2D eigenvalue weighted by atomic mass is 9.95. The zero-order valence-corrected chi connectivity index (χ0v) is 15.8. The van der Waals surface area contributed by atoms with Crippen LogP contribution in [0.15, 0.2) is 29.2 Å². The monoisotopic (exact) mass is 368 g/mol. The first-order chi connectivity index (χ1) is 11.9. The van der Waals surface area contributed by atoms with Crippen molar-refractivity contribution in [2.45, 2.75) is 69.4 Å². The van der Waals surface area contributed by atoms with Crippen molar-refractivity contribution in [1.29, 1.82) is 0 Å². The first-order valence-electron chi connectivity index (χ1n) is 8.99. The molecule has 0 radical (unpaired) electrons. The molecule has 2 N–H and O–H groups in total. The Morgan fingerprint density at radius 1 is 1.20 bits per heavy atom. The standard InChI is InChI=1S/C18H28N2O4S/c1-3-13-19-25(22,23)17-11-9-16(10-12-17)24-14(2)18(21)20-15-7-5-4-6-8-15/h9-12,14-15,19H,3-8,13H2,1-2H3,(H,20,21)/t14-/m1/s1. The lowest BCUT2D eigenvalue weighted by Crippen LogP contribution is -2.43. The Bertz CT molecular complexity index is 652. The van der Waals surface area contributed by atoms with E-state index in [1.165, 1.54) is 18.6 Å². The van der Waals surface area contributed by atoms with Gasteiger partial charge in [0.1, 0.15) is 5.75 Å². The highest BCUT2D eigenvalue weighted by Crippen LogP contribution is 2.19. The van der Waals surface area contributed by atoms with Gasteiger partial charge in [0.15, 0.2) is 6.10 Å². The number of amides is 1. The minimum Gasteiger partial charge on any atom is -0.481 e. The summed E-state index contributed by atoms with van der Waals surface area (Å²) in [5.74, 6) is 0.342. The fourth-order valence-electron chi connectivity index (χ4n) is 2.84. The lowest BCUT2D eigenvalue weighted by Gasteiger charge is -2.24. The number of hydrogen-bond acceptors (Lipinski definition) is 4. The number of benzene rings is 1. The number of rotatable bonds is 8. The molecule has 1 saturated carbocycles. The Labute approximate surface area is 150 Å². The fourth-order valence-corrected chi connectivity index (χ4v) is 3.97. The van der Waals surface area contributed by atoms with Crippen molar-refractivity contribution in [1.82, 2.24) is 10.0 Å².